The fourth-order valence-electron chi connectivity index (χ4n) is 2.36. The minimum atomic E-state index is 0.296. The Labute approximate surface area is 114 Å². The number of nitriles is 1. The van der Waals surface area contributed by atoms with Crippen LogP contribution in [0.15, 0.2) is 12.1 Å². The fraction of sp³-hybridized carbons (Fsp3) is 0.533. The van der Waals surface area contributed by atoms with Crippen LogP contribution in [0, 0.1) is 11.3 Å². The van der Waals surface area contributed by atoms with Crippen LogP contribution < -0.4 is 9.64 Å². The van der Waals surface area contributed by atoms with Crippen LogP contribution >= 0.6 is 0 Å². The number of anilines is 1. The van der Waals surface area contributed by atoms with Crippen molar-refractivity contribution in [3.05, 3.63) is 23.3 Å². The lowest BCUT2D eigenvalue weighted by Gasteiger charge is -2.30. The van der Waals surface area contributed by atoms with Crippen LogP contribution in [-0.4, -0.2) is 33.4 Å². The molecule has 0 atom stereocenters. The van der Waals surface area contributed by atoms with Crippen LogP contribution in [0.1, 0.15) is 30.9 Å². The van der Waals surface area contributed by atoms with Crippen LogP contribution in [0.2, 0.25) is 0 Å². The van der Waals surface area contributed by atoms with Crippen molar-refractivity contribution >= 4 is 5.69 Å². The van der Waals surface area contributed by atoms with E-state index >= 15 is 0 Å². The van der Waals surface area contributed by atoms with Crippen molar-refractivity contribution in [3.63, 3.8) is 0 Å². The van der Waals surface area contributed by atoms with Crippen molar-refractivity contribution < 1.29 is 9.47 Å². The summed E-state index contributed by atoms with van der Waals surface area (Å²) in [6.45, 7) is 7.45. The molecule has 0 unspecified atom stereocenters. The molecule has 1 aliphatic rings. The molecule has 0 N–H and O–H groups in total. The Balaban J connectivity index is 2.45. The van der Waals surface area contributed by atoms with Gasteiger partial charge in [-0.1, -0.05) is 13.8 Å². The van der Waals surface area contributed by atoms with Gasteiger partial charge in [-0.3, -0.25) is 0 Å². The summed E-state index contributed by atoms with van der Waals surface area (Å²) >= 11 is 0. The number of nitrogens with zero attached hydrogens (tertiary/aromatic N) is 2. The molecule has 19 heavy (non-hydrogen) atoms. The molecule has 0 bridgehead atoms. The summed E-state index contributed by atoms with van der Waals surface area (Å²) < 4.78 is 10.8. The standard InChI is InChI=1S/C15H20N2O2/c1-11(2)13-8-12(17-4-6-19-7-5-17)9-15(18-3)14(13)10-16/h8-9,11H,4-7H2,1-3H3. The Morgan fingerprint density at radius 1 is 1.32 bits per heavy atom. The first-order chi connectivity index (χ1) is 9.17. The molecule has 0 amide bonds. The van der Waals surface area contributed by atoms with Crippen LogP contribution in [0.25, 0.3) is 0 Å². The van der Waals surface area contributed by atoms with E-state index in [2.05, 4.69) is 30.9 Å². The average Bonchev–Trinajstić information content (AvgIpc) is 2.46. The van der Waals surface area contributed by atoms with Crippen molar-refractivity contribution in [1.29, 1.82) is 5.26 Å². The summed E-state index contributed by atoms with van der Waals surface area (Å²) in [5.74, 6) is 0.958. The van der Waals surface area contributed by atoms with Gasteiger partial charge >= 0.3 is 0 Å². The summed E-state index contributed by atoms with van der Waals surface area (Å²) in [4.78, 5) is 2.28. The molecule has 1 aromatic carbocycles. The Morgan fingerprint density at radius 3 is 2.53 bits per heavy atom. The molecule has 1 aliphatic heterocycles. The van der Waals surface area contributed by atoms with E-state index in [1.807, 2.05) is 6.07 Å². The first-order valence-corrected chi connectivity index (χ1v) is 6.62. The van der Waals surface area contributed by atoms with E-state index in [9.17, 15) is 5.26 Å². The molecule has 1 fully saturated rings. The van der Waals surface area contributed by atoms with E-state index in [0.29, 0.717) is 17.2 Å². The Hall–Kier alpha value is -1.73. The van der Waals surface area contributed by atoms with Crippen molar-refractivity contribution in [2.24, 2.45) is 0 Å². The first kappa shape index (κ1) is 13.7. The largest absolute Gasteiger partial charge is 0.495 e. The van der Waals surface area contributed by atoms with Crippen molar-refractivity contribution in [1.82, 2.24) is 0 Å². The Bertz CT molecular complexity index is 486. The lowest BCUT2D eigenvalue weighted by molar-refractivity contribution is 0.122. The predicted octanol–water partition coefficient (Wildman–Crippen LogP) is 2.53. The zero-order valence-electron chi connectivity index (χ0n) is 11.8. The second-order valence-corrected chi connectivity index (χ2v) is 4.98. The van der Waals surface area contributed by atoms with E-state index in [1.54, 1.807) is 7.11 Å². The third-order valence-corrected chi connectivity index (χ3v) is 3.45. The summed E-state index contributed by atoms with van der Waals surface area (Å²) in [6, 6.07) is 6.32. The van der Waals surface area contributed by atoms with Crippen molar-refractivity contribution in [3.8, 4) is 11.8 Å². The molecule has 1 aromatic rings. The maximum atomic E-state index is 9.32. The first-order valence-electron chi connectivity index (χ1n) is 6.62. The molecule has 0 aliphatic carbocycles. The normalized spacial score (nSPS) is 15.4. The summed E-state index contributed by atoms with van der Waals surface area (Å²) in [7, 11) is 1.61. The van der Waals surface area contributed by atoms with Gasteiger partial charge in [0.2, 0.25) is 0 Å². The molecule has 0 radical (unpaired) electrons. The smallest absolute Gasteiger partial charge is 0.138 e. The number of methoxy groups -OCH3 is 1. The maximum Gasteiger partial charge on any atom is 0.138 e. The van der Waals surface area contributed by atoms with Gasteiger partial charge in [-0.05, 0) is 17.5 Å². The molecular weight excluding hydrogens is 240 g/mol. The quantitative estimate of drug-likeness (QED) is 0.837. The molecule has 0 aromatic heterocycles. The van der Waals surface area contributed by atoms with Gasteiger partial charge in [-0.15, -0.1) is 0 Å². The van der Waals surface area contributed by atoms with Crippen molar-refractivity contribution in [2.45, 2.75) is 19.8 Å². The maximum absolute atomic E-state index is 9.32. The summed E-state index contributed by atoms with van der Waals surface area (Å²) in [5, 5.41) is 9.32. The Morgan fingerprint density at radius 2 is 2.00 bits per heavy atom. The molecule has 0 spiro atoms. The highest BCUT2D eigenvalue weighted by Gasteiger charge is 2.18. The number of morpholine rings is 1. The topological polar surface area (TPSA) is 45.5 Å². The molecule has 2 rings (SSSR count). The average molecular weight is 260 g/mol. The van der Waals surface area contributed by atoms with Gasteiger partial charge in [0.1, 0.15) is 11.8 Å². The molecule has 102 valence electrons. The third-order valence-electron chi connectivity index (χ3n) is 3.45. The zero-order chi connectivity index (χ0) is 13.8. The summed E-state index contributed by atoms with van der Waals surface area (Å²) in [5.41, 5.74) is 2.81. The van der Waals surface area contributed by atoms with E-state index in [-0.39, 0.29) is 0 Å². The van der Waals surface area contributed by atoms with E-state index in [1.165, 1.54) is 0 Å². The predicted molar refractivity (Wildman–Crippen MR) is 74.8 cm³/mol. The third kappa shape index (κ3) is 2.82. The van der Waals surface area contributed by atoms with Gasteiger partial charge in [0, 0.05) is 24.8 Å². The molecule has 4 heteroatoms. The zero-order valence-corrected chi connectivity index (χ0v) is 11.8. The number of hydrogen-bond donors (Lipinski definition) is 0. The molecule has 1 saturated heterocycles. The van der Waals surface area contributed by atoms with Gasteiger partial charge in [0.25, 0.3) is 0 Å². The highest BCUT2D eigenvalue weighted by molar-refractivity contribution is 5.62. The Kier molecular flexibility index (Phi) is 4.28. The van der Waals surface area contributed by atoms with Gasteiger partial charge in [-0.2, -0.15) is 5.26 Å². The minimum absolute atomic E-state index is 0.296. The number of benzene rings is 1. The lowest BCUT2D eigenvalue weighted by atomic mass is 9.96. The van der Waals surface area contributed by atoms with Crippen LogP contribution in [0.5, 0.6) is 5.75 Å². The second kappa shape index (κ2) is 5.94. The van der Waals surface area contributed by atoms with E-state index in [0.717, 1.165) is 37.6 Å². The van der Waals surface area contributed by atoms with Gasteiger partial charge in [0.05, 0.1) is 25.9 Å². The van der Waals surface area contributed by atoms with Crippen LogP contribution in [-0.2, 0) is 4.74 Å². The monoisotopic (exact) mass is 260 g/mol. The van der Waals surface area contributed by atoms with E-state index in [4.69, 9.17) is 9.47 Å². The number of hydrogen-bond acceptors (Lipinski definition) is 4. The van der Waals surface area contributed by atoms with Gasteiger partial charge in [-0.25, -0.2) is 0 Å². The highest BCUT2D eigenvalue weighted by atomic mass is 16.5. The van der Waals surface area contributed by atoms with Gasteiger partial charge < -0.3 is 14.4 Å². The lowest BCUT2D eigenvalue weighted by Crippen LogP contribution is -2.36. The number of ether oxygens (including phenoxy) is 2. The number of rotatable bonds is 3. The van der Waals surface area contributed by atoms with Gasteiger partial charge in [0.15, 0.2) is 0 Å². The molecular formula is C15H20N2O2. The van der Waals surface area contributed by atoms with E-state index < -0.39 is 0 Å². The molecule has 0 saturated carbocycles. The molecule has 1 heterocycles. The van der Waals surface area contributed by atoms with Crippen LogP contribution in [0.3, 0.4) is 0 Å². The highest BCUT2D eigenvalue weighted by Crippen LogP contribution is 2.33. The second-order valence-electron chi connectivity index (χ2n) is 4.98. The SMILES string of the molecule is COc1cc(N2CCOCC2)cc(C(C)C)c1C#N. The van der Waals surface area contributed by atoms with Crippen LogP contribution in [0.4, 0.5) is 5.69 Å². The minimum Gasteiger partial charge on any atom is -0.495 e. The van der Waals surface area contributed by atoms with Crippen molar-refractivity contribution in [2.75, 3.05) is 38.3 Å². The fourth-order valence-corrected chi connectivity index (χ4v) is 2.36. The summed E-state index contributed by atoms with van der Waals surface area (Å²) in [6.07, 6.45) is 0. The molecule has 4 nitrogen and oxygen atoms in total.